The molecule has 25 heavy (non-hydrogen) atoms. The highest BCUT2D eigenvalue weighted by atomic mass is 127. The topological polar surface area (TPSA) is 54.9 Å². The third kappa shape index (κ3) is 12.0. The minimum absolute atomic E-state index is 0. The van der Waals surface area contributed by atoms with Crippen molar-refractivity contribution in [1.29, 1.82) is 0 Å². The Morgan fingerprint density at radius 1 is 1.24 bits per heavy atom. The first-order valence-corrected chi connectivity index (χ1v) is 8.88. The molecule has 0 unspecified atom stereocenters. The molecule has 0 atom stereocenters. The normalized spacial score (nSPS) is 11.2. The van der Waals surface area contributed by atoms with Crippen LogP contribution in [0.3, 0.4) is 0 Å². The van der Waals surface area contributed by atoms with Gasteiger partial charge >= 0.3 is 0 Å². The summed E-state index contributed by atoms with van der Waals surface area (Å²) in [6, 6.07) is 8.16. The molecule has 0 bridgehead atoms. The summed E-state index contributed by atoms with van der Waals surface area (Å²) in [7, 11) is 1.69. The fourth-order valence-corrected chi connectivity index (χ4v) is 2.17. The maximum absolute atomic E-state index is 5.58. The molecule has 0 aliphatic carbocycles. The van der Waals surface area contributed by atoms with Crippen LogP contribution >= 0.6 is 24.0 Å². The molecule has 2 N–H and O–H groups in total. The Kier molecular flexibility index (Phi) is 14.6. The predicted molar refractivity (Wildman–Crippen MR) is 116 cm³/mol. The van der Waals surface area contributed by atoms with Crippen LogP contribution in [-0.2, 0) is 11.2 Å². The number of hydrogen-bond donors (Lipinski definition) is 2. The van der Waals surface area contributed by atoms with E-state index in [-0.39, 0.29) is 24.0 Å². The van der Waals surface area contributed by atoms with E-state index in [1.807, 2.05) is 12.1 Å². The van der Waals surface area contributed by atoms with E-state index in [2.05, 4.69) is 48.5 Å². The van der Waals surface area contributed by atoms with Crippen molar-refractivity contribution in [3.05, 3.63) is 29.8 Å². The van der Waals surface area contributed by atoms with E-state index < -0.39 is 0 Å². The zero-order valence-electron chi connectivity index (χ0n) is 16.0. The fourth-order valence-electron chi connectivity index (χ4n) is 2.17. The number of nitrogens with zero attached hydrogens (tertiary/aromatic N) is 1. The van der Waals surface area contributed by atoms with Crippen molar-refractivity contribution >= 4 is 29.9 Å². The van der Waals surface area contributed by atoms with Gasteiger partial charge in [-0.15, -0.1) is 24.0 Å². The summed E-state index contributed by atoms with van der Waals surface area (Å²) < 4.78 is 10.8. The molecule has 0 radical (unpaired) electrons. The van der Waals surface area contributed by atoms with Gasteiger partial charge in [0.2, 0.25) is 0 Å². The van der Waals surface area contributed by atoms with Gasteiger partial charge in [0.15, 0.2) is 5.96 Å². The van der Waals surface area contributed by atoms with Gasteiger partial charge in [0.1, 0.15) is 5.75 Å². The highest BCUT2D eigenvalue weighted by Gasteiger charge is 1.99. The number of guanidine groups is 1. The number of benzene rings is 1. The number of ether oxygens (including phenoxy) is 2. The summed E-state index contributed by atoms with van der Waals surface area (Å²) in [4.78, 5) is 4.58. The molecular weight excluding hydrogens is 429 g/mol. The van der Waals surface area contributed by atoms with E-state index in [0.717, 1.165) is 57.4 Å². The van der Waals surface area contributed by atoms with Crippen molar-refractivity contribution in [3.8, 4) is 5.75 Å². The molecule has 1 aromatic carbocycles. The molecule has 0 spiro atoms. The Hall–Kier alpha value is -1.02. The lowest BCUT2D eigenvalue weighted by Crippen LogP contribution is -2.38. The first kappa shape index (κ1) is 24.0. The highest BCUT2D eigenvalue weighted by molar-refractivity contribution is 14.0. The van der Waals surface area contributed by atoms with E-state index in [1.54, 1.807) is 7.11 Å². The van der Waals surface area contributed by atoms with Crippen molar-refractivity contribution in [1.82, 2.24) is 10.6 Å². The lowest BCUT2D eigenvalue weighted by atomic mass is 10.1. The van der Waals surface area contributed by atoms with Gasteiger partial charge in [-0.05, 0) is 43.4 Å². The van der Waals surface area contributed by atoms with E-state index >= 15 is 0 Å². The minimum Gasteiger partial charge on any atom is -0.497 e. The van der Waals surface area contributed by atoms with Gasteiger partial charge in [-0.25, -0.2) is 0 Å². The molecule has 0 saturated heterocycles. The van der Waals surface area contributed by atoms with E-state index in [9.17, 15) is 0 Å². The lowest BCUT2D eigenvalue weighted by molar-refractivity contribution is 0.109. The van der Waals surface area contributed by atoms with Crippen molar-refractivity contribution < 1.29 is 9.47 Å². The Morgan fingerprint density at radius 2 is 2.04 bits per heavy atom. The summed E-state index contributed by atoms with van der Waals surface area (Å²) >= 11 is 0. The van der Waals surface area contributed by atoms with E-state index in [0.29, 0.717) is 5.92 Å². The molecule has 5 nitrogen and oxygen atoms in total. The second kappa shape index (κ2) is 15.3. The molecule has 0 aliphatic rings. The van der Waals surface area contributed by atoms with E-state index in [1.165, 1.54) is 5.56 Å². The Morgan fingerprint density at radius 3 is 2.72 bits per heavy atom. The third-order valence-electron chi connectivity index (χ3n) is 3.35. The average molecular weight is 463 g/mol. The van der Waals surface area contributed by atoms with Crippen LogP contribution in [0, 0.1) is 5.92 Å². The average Bonchev–Trinajstić information content (AvgIpc) is 2.57. The second-order valence-electron chi connectivity index (χ2n) is 6.11. The van der Waals surface area contributed by atoms with Crippen LogP contribution in [0.25, 0.3) is 0 Å². The lowest BCUT2D eigenvalue weighted by Gasteiger charge is -2.12. The Labute approximate surface area is 170 Å². The smallest absolute Gasteiger partial charge is 0.191 e. The SMILES string of the molecule is CCNC(=NCCCOCC(C)C)NCCc1cccc(OC)c1.I. The van der Waals surface area contributed by atoms with Gasteiger partial charge in [-0.3, -0.25) is 4.99 Å². The molecule has 0 heterocycles. The third-order valence-corrected chi connectivity index (χ3v) is 3.35. The molecule has 0 aliphatic heterocycles. The maximum atomic E-state index is 5.58. The molecular formula is C19H34IN3O2. The van der Waals surface area contributed by atoms with Crippen molar-refractivity contribution in [2.45, 2.75) is 33.6 Å². The van der Waals surface area contributed by atoms with Crippen LogP contribution in [-0.4, -0.2) is 45.9 Å². The Balaban J connectivity index is 0.00000576. The monoisotopic (exact) mass is 463 g/mol. The summed E-state index contributed by atoms with van der Waals surface area (Å²) in [6.45, 7) is 10.4. The van der Waals surface area contributed by atoms with Gasteiger partial charge < -0.3 is 20.1 Å². The number of rotatable bonds is 11. The van der Waals surface area contributed by atoms with Gasteiger partial charge in [0, 0.05) is 32.8 Å². The van der Waals surface area contributed by atoms with Crippen molar-refractivity contribution in [3.63, 3.8) is 0 Å². The number of aliphatic imine (C=N–C) groups is 1. The summed E-state index contributed by atoms with van der Waals surface area (Å²) in [5, 5.41) is 6.65. The molecule has 1 aromatic rings. The number of halogens is 1. The number of hydrogen-bond acceptors (Lipinski definition) is 3. The van der Waals surface area contributed by atoms with Crippen LogP contribution in [0.1, 0.15) is 32.8 Å². The zero-order chi connectivity index (χ0) is 17.6. The molecule has 0 amide bonds. The zero-order valence-corrected chi connectivity index (χ0v) is 18.3. The van der Waals surface area contributed by atoms with Crippen molar-refractivity contribution in [2.24, 2.45) is 10.9 Å². The summed E-state index contributed by atoms with van der Waals surface area (Å²) in [5.41, 5.74) is 1.25. The first-order chi connectivity index (χ1) is 11.7. The van der Waals surface area contributed by atoms with Crippen LogP contribution in [0.5, 0.6) is 5.75 Å². The summed E-state index contributed by atoms with van der Waals surface area (Å²) in [5.74, 6) is 2.35. The molecule has 0 saturated carbocycles. The van der Waals surface area contributed by atoms with Crippen LogP contribution in [0.2, 0.25) is 0 Å². The summed E-state index contributed by atoms with van der Waals surface area (Å²) in [6.07, 6.45) is 1.87. The van der Waals surface area contributed by atoms with Crippen LogP contribution in [0.4, 0.5) is 0 Å². The highest BCUT2D eigenvalue weighted by Crippen LogP contribution is 2.12. The fraction of sp³-hybridized carbons (Fsp3) is 0.632. The second-order valence-corrected chi connectivity index (χ2v) is 6.11. The van der Waals surface area contributed by atoms with Crippen LogP contribution in [0.15, 0.2) is 29.3 Å². The number of nitrogens with one attached hydrogen (secondary N) is 2. The maximum Gasteiger partial charge on any atom is 0.191 e. The van der Waals surface area contributed by atoms with E-state index in [4.69, 9.17) is 9.47 Å². The van der Waals surface area contributed by atoms with Crippen LogP contribution < -0.4 is 15.4 Å². The molecule has 0 fully saturated rings. The van der Waals surface area contributed by atoms with Gasteiger partial charge in [0.25, 0.3) is 0 Å². The Bertz CT molecular complexity index is 481. The standard InChI is InChI=1S/C19H33N3O2.HI/c1-5-20-19(21-11-7-13-24-15-16(2)3)22-12-10-17-8-6-9-18(14-17)23-4;/h6,8-9,14,16H,5,7,10-13,15H2,1-4H3,(H2,20,21,22);1H. The molecule has 6 heteroatoms. The number of methoxy groups -OCH3 is 1. The van der Waals surface area contributed by atoms with Gasteiger partial charge in [0.05, 0.1) is 7.11 Å². The van der Waals surface area contributed by atoms with Gasteiger partial charge in [-0.1, -0.05) is 26.0 Å². The first-order valence-electron chi connectivity index (χ1n) is 8.88. The quantitative estimate of drug-likeness (QED) is 0.229. The molecule has 0 aromatic heterocycles. The molecule has 144 valence electrons. The van der Waals surface area contributed by atoms with Gasteiger partial charge in [-0.2, -0.15) is 0 Å². The largest absolute Gasteiger partial charge is 0.497 e. The molecule has 1 rings (SSSR count). The van der Waals surface area contributed by atoms with Crippen molar-refractivity contribution in [2.75, 3.05) is 40.0 Å². The predicted octanol–water partition coefficient (Wildman–Crippen LogP) is 3.47. The minimum atomic E-state index is 0.